The molecule has 10 nitrogen and oxygen atoms in total. The number of aliphatic hydroxyl groups is 1. The highest BCUT2D eigenvalue weighted by Crippen LogP contribution is 2.18. The van der Waals surface area contributed by atoms with Crippen molar-refractivity contribution in [3.8, 4) is 0 Å². The molecule has 0 aliphatic carbocycles. The number of halogens is 1. The van der Waals surface area contributed by atoms with E-state index in [0.717, 1.165) is 0 Å². The molecule has 3 rings (SSSR count). The highest BCUT2D eigenvalue weighted by Gasteiger charge is 2.28. The summed E-state index contributed by atoms with van der Waals surface area (Å²) in [5, 5.41) is 20.7. The van der Waals surface area contributed by atoms with Gasteiger partial charge in [-0.3, -0.25) is 9.48 Å². The normalized spacial score (nSPS) is 20.6. The van der Waals surface area contributed by atoms with Crippen molar-refractivity contribution in [2.75, 3.05) is 32.1 Å². The number of amides is 3. The topological polar surface area (TPSA) is 113 Å². The summed E-state index contributed by atoms with van der Waals surface area (Å²) in [5.41, 5.74) is 1.15. The summed E-state index contributed by atoms with van der Waals surface area (Å²) < 4.78 is 21.0. The summed E-state index contributed by atoms with van der Waals surface area (Å²) in [6.45, 7) is 5.02. The number of carbonyl (C=O) groups excluding carboxylic acids is 2. The third-order valence-corrected chi connectivity index (χ3v) is 5.94. The fourth-order valence-electron chi connectivity index (χ4n) is 3.80. The zero-order valence-corrected chi connectivity index (χ0v) is 19.9. The van der Waals surface area contributed by atoms with E-state index in [1.54, 1.807) is 22.8 Å². The molecule has 3 atom stereocenters. The molecular formula is C23H33FN6O4. The highest BCUT2D eigenvalue weighted by atomic mass is 19.1. The predicted molar refractivity (Wildman–Crippen MR) is 123 cm³/mol. The van der Waals surface area contributed by atoms with Crippen LogP contribution in [0.3, 0.4) is 0 Å². The first-order chi connectivity index (χ1) is 16.3. The molecular weight excluding hydrogens is 443 g/mol. The quantitative estimate of drug-likeness (QED) is 0.684. The number of nitrogens with zero attached hydrogens (tertiary/aromatic N) is 5. The Hall–Kier alpha value is -3.05. The Labute approximate surface area is 198 Å². The summed E-state index contributed by atoms with van der Waals surface area (Å²) in [6, 6.07) is 4.82. The molecule has 2 heterocycles. The zero-order valence-electron chi connectivity index (χ0n) is 19.9. The molecule has 0 fully saturated rings. The van der Waals surface area contributed by atoms with Gasteiger partial charge in [0.1, 0.15) is 11.5 Å². The summed E-state index contributed by atoms with van der Waals surface area (Å²) in [5.74, 6) is -0.574. The van der Waals surface area contributed by atoms with Crippen LogP contribution in [0.15, 0.2) is 30.5 Å². The van der Waals surface area contributed by atoms with Gasteiger partial charge in [0.2, 0.25) is 5.91 Å². The minimum Gasteiger partial charge on any atom is -0.394 e. The van der Waals surface area contributed by atoms with Gasteiger partial charge in [-0.1, -0.05) is 12.1 Å². The van der Waals surface area contributed by atoms with E-state index in [1.165, 1.54) is 29.2 Å². The van der Waals surface area contributed by atoms with Crippen LogP contribution in [0.2, 0.25) is 0 Å². The van der Waals surface area contributed by atoms with E-state index < -0.39 is 6.10 Å². The zero-order chi connectivity index (χ0) is 24.7. The van der Waals surface area contributed by atoms with Crippen molar-refractivity contribution in [1.82, 2.24) is 24.8 Å². The van der Waals surface area contributed by atoms with Crippen LogP contribution in [-0.2, 0) is 22.7 Å². The molecule has 1 aliphatic rings. The molecule has 2 N–H and O–H groups in total. The fraction of sp³-hybridized carbons (Fsp3) is 0.565. The van der Waals surface area contributed by atoms with E-state index in [1.807, 2.05) is 13.8 Å². The summed E-state index contributed by atoms with van der Waals surface area (Å²) >= 11 is 0. The standard InChI is InChI=1S/C23H33FN6O4/c1-16-11-30(17(2)14-31)22(32)5-4-10-29-12-20(26-27-29)15-34-21(16)13-28(3)23(33)25-19-8-6-18(24)7-9-19/h6-9,12,16-17,21,31H,4-5,10-11,13-15H2,1-3H3,(H,25,33)/t16-,17-,21-/m1/s1. The fourth-order valence-corrected chi connectivity index (χ4v) is 3.80. The van der Waals surface area contributed by atoms with Gasteiger partial charge in [0.15, 0.2) is 0 Å². The molecule has 0 saturated carbocycles. The van der Waals surface area contributed by atoms with Crippen molar-refractivity contribution in [3.63, 3.8) is 0 Å². The predicted octanol–water partition coefficient (Wildman–Crippen LogP) is 2.11. The number of urea groups is 1. The van der Waals surface area contributed by atoms with E-state index in [2.05, 4.69) is 15.6 Å². The second kappa shape index (κ2) is 11.9. The number of carbonyl (C=O) groups is 2. The van der Waals surface area contributed by atoms with Gasteiger partial charge < -0.3 is 25.0 Å². The Kier molecular flexibility index (Phi) is 8.94. The van der Waals surface area contributed by atoms with Crippen molar-refractivity contribution < 1.29 is 23.8 Å². The number of benzene rings is 1. The number of hydrogen-bond acceptors (Lipinski definition) is 6. The van der Waals surface area contributed by atoms with E-state index in [9.17, 15) is 19.1 Å². The molecule has 3 amide bonds. The Morgan fingerprint density at radius 2 is 2.12 bits per heavy atom. The smallest absolute Gasteiger partial charge is 0.321 e. The van der Waals surface area contributed by atoms with Crippen LogP contribution in [0.4, 0.5) is 14.9 Å². The lowest BCUT2D eigenvalue weighted by Crippen LogP contribution is -2.48. The Morgan fingerprint density at radius 1 is 1.38 bits per heavy atom. The number of anilines is 1. The number of aliphatic hydroxyl groups excluding tert-OH is 1. The Morgan fingerprint density at radius 3 is 2.82 bits per heavy atom. The molecule has 34 heavy (non-hydrogen) atoms. The van der Waals surface area contributed by atoms with Crippen LogP contribution in [0.5, 0.6) is 0 Å². The number of likely N-dealkylation sites (N-methyl/N-ethyl adjacent to an activating group) is 1. The summed E-state index contributed by atoms with van der Waals surface area (Å²) in [4.78, 5) is 28.8. The van der Waals surface area contributed by atoms with E-state index >= 15 is 0 Å². The number of aromatic nitrogens is 3. The number of aryl methyl sites for hydroxylation is 1. The van der Waals surface area contributed by atoms with Gasteiger partial charge in [-0.05, 0) is 37.6 Å². The number of rotatable bonds is 5. The van der Waals surface area contributed by atoms with Crippen LogP contribution >= 0.6 is 0 Å². The monoisotopic (exact) mass is 476 g/mol. The van der Waals surface area contributed by atoms with Crippen LogP contribution < -0.4 is 5.32 Å². The Balaban J connectivity index is 1.75. The lowest BCUT2D eigenvalue weighted by molar-refractivity contribution is -0.136. The average molecular weight is 477 g/mol. The molecule has 186 valence electrons. The first-order valence-corrected chi connectivity index (χ1v) is 11.5. The van der Waals surface area contributed by atoms with Crippen LogP contribution in [0.25, 0.3) is 0 Å². The lowest BCUT2D eigenvalue weighted by atomic mass is 10.0. The molecule has 11 heteroatoms. The lowest BCUT2D eigenvalue weighted by Gasteiger charge is -2.35. The highest BCUT2D eigenvalue weighted by molar-refractivity contribution is 5.89. The first-order valence-electron chi connectivity index (χ1n) is 11.5. The van der Waals surface area contributed by atoms with E-state index in [0.29, 0.717) is 37.3 Å². The molecule has 0 unspecified atom stereocenters. The number of fused-ring (bicyclic) bond motifs is 2. The maximum Gasteiger partial charge on any atom is 0.321 e. The SMILES string of the molecule is C[C@@H]1CN([C@H](C)CO)C(=O)CCCn2cc(nn2)CO[C@@H]1CN(C)C(=O)Nc1ccc(F)cc1. The third kappa shape index (κ3) is 6.97. The maximum absolute atomic E-state index is 13.1. The molecule has 0 spiro atoms. The average Bonchev–Trinajstić information content (AvgIpc) is 3.27. The van der Waals surface area contributed by atoms with Crippen molar-refractivity contribution >= 4 is 17.6 Å². The number of hydrogen-bond donors (Lipinski definition) is 2. The van der Waals surface area contributed by atoms with E-state index in [-0.39, 0.29) is 49.5 Å². The molecule has 0 saturated heterocycles. The van der Waals surface area contributed by atoms with Gasteiger partial charge >= 0.3 is 6.03 Å². The largest absolute Gasteiger partial charge is 0.394 e. The van der Waals surface area contributed by atoms with Gasteiger partial charge in [0, 0.05) is 44.7 Å². The summed E-state index contributed by atoms with van der Waals surface area (Å²) in [6.07, 6.45) is 2.32. The van der Waals surface area contributed by atoms with Crippen LogP contribution in [-0.4, -0.2) is 80.7 Å². The molecule has 2 aromatic rings. The number of ether oxygens (including phenoxy) is 1. The van der Waals surface area contributed by atoms with Gasteiger partial charge in [0.25, 0.3) is 0 Å². The van der Waals surface area contributed by atoms with Gasteiger partial charge in [-0.15, -0.1) is 5.10 Å². The van der Waals surface area contributed by atoms with Crippen molar-refractivity contribution in [3.05, 3.63) is 42.0 Å². The molecule has 1 aromatic heterocycles. The number of nitrogens with one attached hydrogen (secondary N) is 1. The molecule has 1 aromatic carbocycles. The third-order valence-electron chi connectivity index (χ3n) is 5.94. The van der Waals surface area contributed by atoms with Crippen LogP contribution in [0, 0.1) is 11.7 Å². The molecule has 0 radical (unpaired) electrons. The van der Waals surface area contributed by atoms with Gasteiger partial charge in [-0.2, -0.15) is 0 Å². The second-order valence-electron chi connectivity index (χ2n) is 8.80. The minimum absolute atomic E-state index is 0.0471. The molecule has 2 bridgehead atoms. The van der Waals surface area contributed by atoms with Gasteiger partial charge in [0.05, 0.1) is 31.6 Å². The Bertz CT molecular complexity index is 953. The molecule has 1 aliphatic heterocycles. The van der Waals surface area contributed by atoms with E-state index in [4.69, 9.17) is 4.74 Å². The van der Waals surface area contributed by atoms with Crippen molar-refractivity contribution in [2.45, 2.75) is 52.0 Å². The first kappa shape index (κ1) is 25.6. The minimum atomic E-state index is -0.420. The van der Waals surface area contributed by atoms with Crippen molar-refractivity contribution in [2.24, 2.45) is 5.92 Å². The van der Waals surface area contributed by atoms with Crippen molar-refractivity contribution in [1.29, 1.82) is 0 Å². The van der Waals surface area contributed by atoms with Gasteiger partial charge in [-0.25, -0.2) is 9.18 Å². The maximum atomic E-state index is 13.1. The summed E-state index contributed by atoms with van der Waals surface area (Å²) in [7, 11) is 1.64. The second-order valence-corrected chi connectivity index (χ2v) is 8.80. The van der Waals surface area contributed by atoms with Crippen LogP contribution in [0.1, 0.15) is 32.4 Å².